The number of aromatic hydroxyl groups is 1. The third-order valence-corrected chi connectivity index (χ3v) is 6.27. The molecular weight excluding hydrogens is 414 g/mol. The van der Waals surface area contributed by atoms with Gasteiger partial charge in [0.2, 0.25) is 11.7 Å². The lowest BCUT2D eigenvalue weighted by molar-refractivity contribution is -0.130. The van der Waals surface area contributed by atoms with Gasteiger partial charge >= 0.3 is 0 Å². The summed E-state index contributed by atoms with van der Waals surface area (Å²) in [5, 5.41) is 19.9. The maximum absolute atomic E-state index is 13.4. The highest BCUT2D eigenvalue weighted by Gasteiger charge is 2.55. The second-order valence-corrected chi connectivity index (χ2v) is 7.89. The Morgan fingerprint density at radius 2 is 1.66 bits per heavy atom. The number of hydrogen-bond acceptors (Lipinski definition) is 8. The van der Waals surface area contributed by atoms with E-state index in [4.69, 9.17) is 14.2 Å². The Kier molecular flexibility index (Phi) is 6.40. The van der Waals surface area contributed by atoms with Gasteiger partial charge in [-0.3, -0.25) is 4.79 Å². The van der Waals surface area contributed by atoms with Crippen LogP contribution in [0, 0.1) is 5.92 Å². The lowest BCUT2D eigenvalue weighted by Crippen LogP contribution is -2.41. The molecule has 9 nitrogen and oxygen atoms in total. The van der Waals surface area contributed by atoms with Gasteiger partial charge in [-0.15, -0.1) is 0 Å². The molecule has 2 heterocycles. The van der Waals surface area contributed by atoms with Gasteiger partial charge in [-0.25, -0.2) is 10.9 Å². The van der Waals surface area contributed by atoms with Crippen LogP contribution < -0.4 is 25.1 Å². The third-order valence-electron chi connectivity index (χ3n) is 6.27. The normalized spacial score (nSPS) is 24.5. The molecule has 0 spiro atoms. The first-order chi connectivity index (χ1) is 15.5. The zero-order chi connectivity index (χ0) is 22.8. The fourth-order valence-electron chi connectivity index (χ4n) is 4.88. The van der Waals surface area contributed by atoms with Crippen LogP contribution in [-0.4, -0.2) is 61.5 Å². The predicted molar refractivity (Wildman–Crippen MR) is 117 cm³/mol. The number of phenols is 1. The molecule has 4 N–H and O–H groups in total. The summed E-state index contributed by atoms with van der Waals surface area (Å²) >= 11 is 0. The van der Waals surface area contributed by atoms with Crippen LogP contribution >= 0.6 is 0 Å². The van der Waals surface area contributed by atoms with Crippen molar-refractivity contribution in [2.75, 3.05) is 34.5 Å². The Morgan fingerprint density at radius 1 is 1.00 bits per heavy atom. The first-order valence-electron chi connectivity index (χ1n) is 10.6. The second kappa shape index (κ2) is 9.23. The molecule has 4 unspecified atom stereocenters. The van der Waals surface area contributed by atoms with Crippen molar-refractivity contribution in [2.45, 2.75) is 24.5 Å². The molecule has 0 radical (unpaired) electrons. The van der Waals surface area contributed by atoms with Gasteiger partial charge in [-0.1, -0.05) is 18.2 Å². The number of fused-ring (bicyclic) bond motifs is 1. The molecule has 1 amide bonds. The number of methoxy groups -OCH3 is 3. The third kappa shape index (κ3) is 3.62. The highest BCUT2D eigenvalue weighted by molar-refractivity contribution is 5.86. The molecule has 2 aliphatic rings. The topological polar surface area (TPSA) is 113 Å². The number of hydrogen-bond donors (Lipinski definition) is 4. The molecule has 0 aliphatic carbocycles. The van der Waals surface area contributed by atoms with Gasteiger partial charge in [0.25, 0.3) is 0 Å². The number of nitrogens with one attached hydrogen (secondary N) is 2. The highest BCUT2D eigenvalue weighted by Crippen LogP contribution is 2.51. The van der Waals surface area contributed by atoms with E-state index in [9.17, 15) is 15.0 Å². The van der Waals surface area contributed by atoms with Crippen molar-refractivity contribution in [3.05, 3.63) is 47.5 Å². The minimum absolute atomic E-state index is 0.0182. The van der Waals surface area contributed by atoms with Crippen molar-refractivity contribution in [3.63, 3.8) is 0 Å². The molecule has 0 aromatic heterocycles. The van der Waals surface area contributed by atoms with Crippen LogP contribution in [0.2, 0.25) is 0 Å². The van der Waals surface area contributed by atoms with E-state index in [1.54, 1.807) is 38.4 Å². The maximum atomic E-state index is 13.4. The van der Waals surface area contributed by atoms with Gasteiger partial charge in [0.15, 0.2) is 11.5 Å². The van der Waals surface area contributed by atoms with Gasteiger partial charge in [-0.2, -0.15) is 0 Å². The van der Waals surface area contributed by atoms with E-state index in [1.165, 1.54) is 0 Å². The van der Waals surface area contributed by atoms with Crippen LogP contribution in [0.15, 0.2) is 36.4 Å². The molecule has 4 rings (SSSR count). The molecule has 2 saturated heterocycles. The Labute approximate surface area is 186 Å². The molecule has 32 heavy (non-hydrogen) atoms. The summed E-state index contributed by atoms with van der Waals surface area (Å²) in [7, 11) is 4.65. The number of aliphatic hydroxyl groups excluding tert-OH is 1. The van der Waals surface area contributed by atoms with E-state index < -0.39 is 6.04 Å². The monoisotopic (exact) mass is 443 g/mol. The van der Waals surface area contributed by atoms with Crippen molar-refractivity contribution in [1.29, 1.82) is 0 Å². The average Bonchev–Trinajstić information content (AvgIpc) is 3.35. The smallest absolute Gasteiger partial charge is 0.242 e. The first kappa shape index (κ1) is 22.2. The predicted octanol–water partition coefficient (Wildman–Crippen LogP) is 1.52. The maximum Gasteiger partial charge on any atom is 0.242 e. The number of benzene rings is 2. The summed E-state index contributed by atoms with van der Waals surface area (Å²) in [5.41, 5.74) is 7.87. The van der Waals surface area contributed by atoms with E-state index >= 15 is 0 Å². The van der Waals surface area contributed by atoms with Crippen molar-refractivity contribution in [1.82, 2.24) is 15.8 Å². The van der Waals surface area contributed by atoms with Crippen LogP contribution in [0.4, 0.5) is 0 Å². The fourth-order valence-corrected chi connectivity index (χ4v) is 4.88. The molecular formula is C23H29N3O6. The Bertz CT molecular complexity index is 959. The minimum Gasteiger partial charge on any atom is -0.508 e. The number of phenolic OH excluding ortho intramolecular Hbond substituents is 1. The average molecular weight is 444 g/mol. The molecule has 2 aliphatic heterocycles. The summed E-state index contributed by atoms with van der Waals surface area (Å²) in [5.74, 6) is 1.35. The first-order valence-corrected chi connectivity index (χ1v) is 10.6. The summed E-state index contributed by atoms with van der Waals surface area (Å²) in [6.07, 6.45) is 0.459. The van der Waals surface area contributed by atoms with Gasteiger partial charge in [0, 0.05) is 24.6 Å². The molecule has 0 bridgehead atoms. The van der Waals surface area contributed by atoms with Crippen LogP contribution in [-0.2, 0) is 4.79 Å². The number of hydrazine groups is 1. The second-order valence-electron chi connectivity index (χ2n) is 7.89. The number of amides is 1. The van der Waals surface area contributed by atoms with Gasteiger partial charge in [0.05, 0.1) is 33.4 Å². The summed E-state index contributed by atoms with van der Waals surface area (Å²) in [6, 6.07) is 9.68. The fraction of sp³-hybridized carbons (Fsp3) is 0.435. The van der Waals surface area contributed by atoms with Crippen molar-refractivity contribution in [3.8, 4) is 23.0 Å². The Morgan fingerprint density at radius 3 is 2.25 bits per heavy atom. The van der Waals surface area contributed by atoms with E-state index in [-0.39, 0.29) is 36.3 Å². The van der Waals surface area contributed by atoms with Crippen molar-refractivity contribution >= 4 is 5.91 Å². The van der Waals surface area contributed by atoms with E-state index in [0.717, 1.165) is 5.56 Å². The van der Waals surface area contributed by atoms with Crippen molar-refractivity contribution in [2.24, 2.45) is 5.92 Å². The summed E-state index contributed by atoms with van der Waals surface area (Å²) in [4.78, 5) is 15.1. The van der Waals surface area contributed by atoms with Crippen LogP contribution in [0.25, 0.3) is 0 Å². The van der Waals surface area contributed by atoms with E-state index in [0.29, 0.717) is 35.8 Å². The van der Waals surface area contributed by atoms with E-state index in [1.807, 2.05) is 24.3 Å². The Balaban J connectivity index is 1.84. The molecule has 2 aromatic carbocycles. The summed E-state index contributed by atoms with van der Waals surface area (Å²) in [6.45, 7) is 0.383. The number of carbonyl (C=O) groups is 1. The number of nitrogens with zero attached hydrogens (tertiary/aromatic N) is 1. The number of aliphatic hydroxyl groups is 1. The number of rotatable bonds is 8. The molecule has 4 atom stereocenters. The van der Waals surface area contributed by atoms with Crippen LogP contribution in [0.1, 0.15) is 29.6 Å². The zero-order valence-electron chi connectivity index (χ0n) is 18.4. The van der Waals surface area contributed by atoms with Crippen molar-refractivity contribution < 1.29 is 29.2 Å². The zero-order valence-corrected chi connectivity index (χ0v) is 18.4. The molecule has 0 saturated carbocycles. The molecule has 2 fully saturated rings. The lowest BCUT2D eigenvalue weighted by Gasteiger charge is -2.32. The largest absolute Gasteiger partial charge is 0.508 e. The number of para-hydroxylation sites is 1. The van der Waals surface area contributed by atoms with Crippen LogP contribution in [0.3, 0.4) is 0 Å². The van der Waals surface area contributed by atoms with E-state index in [2.05, 4.69) is 10.9 Å². The van der Waals surface area contributed by atoms with Gasteiger partial charge < -0.3 is 29.3 Å². The SMILES string of the molecule is COc1cc(C2C3C(NNC3c3ccccc3O)C(=O)N2CCCO)cc(OC)c1OC. The molecule has 9 heteroatoms. The minimum atomic E-state index is -0.484. The highest BCUT2D eigenvalue weighted by atomic mass is 16.5. The van der Waals surface area contributed by atoms with Gasteiger partial charge in [0.1, 0.15) is 11.8 Å². The molecule has 172 valence electrons. The standard InChI is InChI=1S/C23H29N3O6/c1-30-16-11-13(12-17(31-2)22(16)32-3)21-18-19(14-7-4-5-8-15(14)28)24-25-20(18)23(29)26(21)9-6-10-27/h4-5,7-8,11-12,18-21,24-25,27-28H,6,9-10H2,1-3H3. The number of likely N-dealkylation sites (tertiary alicyclic amines) is 1. The summed E-state index contributed by atoms with van der Waals surface area (Å²) < 4.78 is 16.5. The Hall–Kier alpha value is -3.01. The number of carbonyl (C=O) groups excluding carboxylic acids is 1. The lowest BCUT2D eigenvalue weighted by atomic mass is 9.83. The van der Waals surface area contributed by atoms with Gasteiger partial charge in [-0.05, 0) is 30.2 Å². The quantitative estimate of drug-likeness (QED) is 0.486. The van der Waals surface area contributed by atoms with Crippen LogP contribution in [0.5, 0.6) is 23.0 Å². The number of ether oxygens (including phenoxy) is 3. The molecule has 2 aromatic rings.